The van der Waals surface area contributed by atoms with Crippen LogP contribution in [0, 0.1) is 0 Å². The number of anilines is 1. The van der Waals surface area contributed by atoms with Gasteiger partial charge in [0.25, 0.3) is 11.8 Å². The van der Waals surface area contributed by atoms with Crippen molar-refractivity contribution in [3.8, 4) is 0 Å². The van der Waals surface area contributed by atoms with Crippen LogP contribution >= 0.6 is 0 Å². The quantitative estimate of drug-likeness (QED) is 0.605. The third-order valence-corrected chi connectivity index (χ3v) is 6.17. The van der Waals surface area contributed by atoms with Crippen LogP contribution in [0.25, 0.3) is 11.0 Å². The van der Waals surface area contributed by atoms with E-state index in [1.165, 1.54) is 5.56 Å². The van der Waals surface area contributed by atoms with E-state index < -0.39 is 0 Å². The van der Waals surface area contributed by atoms with E-state index in [-0.39, 0.29) is 24.4 Å². The Balaban J connectivity index is 1.31. The number of hydrazine groups is 1. The molecule has 2 aliphatic rings. The van der Waals surface area contributed by atoms with Gasteiger partial charge in [0.1, 0.15) is 0 Å². The molecule has 2 amide bonds. The number of hydrogen-bond acceptors (Lipinski definition) is 5. The Morgan fingerprint density at radius 1 is 1.19 bits per heavy atom. The lowest BCUT2D eigenvalue weighted by Gasteiger charge is -2.30. The molecule has 1 fully saturated rings. The van der Waals surface area contributed by atoms with E-state index in [1.54, 1.807) is 6.20 Å². The van der Waals surface area contributed by atoms with Crippen LogP contribution in [0.1, 0.15) is 66.7 Å². The Kier molecular flexibility index (Phi) is 5.28. The first-order chi connectivity index (χ1) is 15.5. The molecule has 32 heavy (non-hydrogen) atoms. The summed E-state index contributed by atoms with van der Waals surface area (Å²) in [5.74, 6) is -0.203. The molecule has 2 N–H and O–H groups in total. The molecule has 0 unspecified atom stereocenters. The summed E-state index contributed by atoms with van der Waals surface area (Å²) < 4.78 is 1.84. The molecule has 0 bridgehead atoms. The maximum absolute atomic E-state index is 13.0. The normalized spacial score (nSPS) is 15.7. The maximum atomic E-state index is 13.0. The monoisotopic (exact) mass is 432 g/mol. The summed E-state index contributed by atoms with van der Waals surface area (Å²) in [6.45, 7) is 5.09. The summed E-state index contributed by atoms with van der Waals surface area (Å²) in [6, 6.07) is 10.1. The van der Waals surface area contributed by atoms with Crippen LogP contribution in [0.5, 0.6) is 0 Å². The topological polar surface area (TPSA) is 92.2 Å². The fourth-order valence-electron chi connectivity index (χ4n) is 4.37. The van der Waals surface area contributed by atoms with Gasteiger partial charge in [0.15, 0.2) is 5.65 Å². The Morgan fingerprint density at radius 2 is 2.00 bits per heavy atom. The predicted octanol–water partition coefficient (Wildman–Crippen LogP) is 3.10. The molecule has 2 aromatic heterocycles. The van der Waals surface area contributed by atoms with Crippen molar-refractivity contribution in [3.05, 3.63) is 53.3 Å². The molecular weight excluding hydrogens is 404 g/mol. The highest BCUT2D eigenvalue weighted by atomic mass is 16.2. The lowest BCUT2D eigenvalue weighted by Crippen LogP contribution is -2.47. The van der Waals surface area contributed by atoms with Crippen LogP contribution in [0.15, 0.2) is 36.5 Å². The molecule has 5 rings (SSSR count). The number of aryl methyl sites for hydroxylation is 1. The van der Waals surface area contributed by atoms with Gasteiger partial charge in [-0.25, -0.2) is 9.67 Å². The average molecular weight is 433 g/mol. The highest BCUT2D eigenvalue weighted by molar-refractivity contribution is 6.06. The van der Waals surface area contributed by atoms with Crippen molar-refractivity contribution in [2.45, 2.75) is 51.5 Å². The minimum Gasteiger partial charge on any atom is -0.362 e. The Hall–Kier alpha value is -3.42. The number of carbonyl (C=O) groups excluding carboxylic acids is 2. The zero-order chi connectivity index (χ0) is 22.2. The summed E-state index contributed by atoms with van der Waals surface area (Å²) in [5, 5.41) is 5.13. The second-order valence-corrected chi connectivity index (χ2v) is 8.95. The molecule has 1 aliphatic carbocycles. The van der Waals surface area contributed by atoms with Gasteiger partial charge < -0.3 is 4.90 Å². The van der Waals surface area contributed by atoms with Crippen molar-refractivity contribution in [2.24, 2.45) is 0 Å². The summed E-state index contributed by atoms with van der Waals surface area (Å²) >= 11 is 0. The van der Waals surface area contributed by atoms with Crippen LogP contribution in [0.2, 0.25) is 0 Å². The molecule has 0 saturated heterocycles. The molecule has 8 nitrogen and oxygen atoms in total. The number of pyridine rings is 1. The minimum atomic E-state index is -0.352. The largest absolute Gasteiger partial charge is 0.362 e. The fraction of sp³-hybridized carbons (Fsp3) is 0.417. The molecule has 0 atom stereocenters. The van der Waals surface area contributed by atoms with E-state index in [0.29, 0.717) is 22.5 Å². The summed E-state index contributed by atoms with van der Waals surface area (Å²) in [4.78, 5) is 32.5. The number of benzene rings is 1. The molecule has 1 saturated carbocycles. The smallest absolute Gasteiger partial charge is 0.270 e. The summed E-state index contributed by atoms with van der Waals surface area (Å²) in [7, 11) is 0. The summed E-state index contributed by atoms with van der Waals surface area (Å²) in [6.07, 6.45) is 5.89. The van der Waals surface area contributed by atoms with Crippen LogP contribution in [0.3, 0.4) is 0 Å². The number of aromatic nitrogens is 3. The van der Waals surface area contributed by atoms with E-state index in [1.807, 2.05) is 42.8 Å². The predicted molar refractivity (Wildman–Crippen MR) is 122 cm³/mol. The zero-order valence-electron chi connectivity index (χ0n) is 18.5. The van der Waals surface area contributed by atoms with Crippen molar-refractivity contribution >= 4 is 28.5 Å². The van der Waals surface area contributed by atoms with Crippen molar-refractivity contribution in [2.75, 3.05) is 18.0 Å². The first-order valence-corrected chi connectivity index (χ1v) is 11.3. The molecule has 3 heterocycles. The van der Waals surface area contributed by atoms with E-state index >= 15 is 0 Å². The van der Waals surface area contributed by atoms with Gasteiger partial charge in [-0.1, -0.05) is 18.2 Å². The van der Waals surface area contributed by atoms with Crippen LogP contribution in [-0.2, 0) is 11.2 Å². The SMILES string of the molecule is CC(C)n1ncc2c(C(=O)NNC(=O)CN3CCCc4ccccc43)cc(C3CC3)nc21. The number of nitrogens with zero attached hydrogens (tertiary/aromatic N) is 4. The lowest BCUT2D eigenvalue weighted by molar-refractivity contribution is -0.120. The maximum Gasteiger partial charge on any atom is 0.270 e. The molecule has 0 radical (unpaired) electrons. The number of nitrogens with one attached hydrogen (secondary N) is 2. The molecule has 1 aliphatic heterocycles. The van der Waals surface area contributed by atoms with E-state index in [2.05, 4.69) is 26.9 Å². The highest BCUT2D eigenvalue weighted by Crippen LogP contribution is 2.40. The molecule has 8 heteroatoms. The second kappa shape index (κ2) is 8.26. The Bertz CT molecular complexity index is 1180. The van der Waals surface area contributed by atoms with Gasteiger partial charge in [0.05, 0.1) is 23.7 Å². The van der Waals surface area contributed by atoms with Gasteiger partial charge in [-0.05, 0) is 57.2 Å². The first-order valence-electron chi connectivity index (χ1n) is 11.3. The fourth-order valence-corrected chi connectivity index (χ4v) is 4.37. The van der Waals surface area contributed by atoms with Crippen molar-refractivity contribution < 1.29 is 9.59 Å². The number of para-hydroxylation sites is 1. The van der Waals surface area contributed by atoms with Gasteiger partial charge in [0.2, 0.25) is 0 Å². The van der Waals surface area contributed by atoms with Crippen LogP contribution in [-0.4, -0.2) is 39.7 Å². The molecule has 166 valence electrons. The first kappa shape index (κ1) is 20.5. The third kappa shape index (κ3) is 3.92. The van der Waals surface area contributed by atoms with Gasteiger partial charge in [-0.3, -0.25) is 20.4 Å². The third-order valence-electron chi connectivity index (χ3n) is 6.17. The van der Waals surface area contributed by atoms with Gasteiger partial charge in [0, 0.05) is 29.9 Å². The lowest BCUT2D eigenvalue weighted by atomic mass is 10.0. The van der Waals surface area contributed by atoms with Gasteiger partial charge >= 0.3 is 0 Å². The molecular formula is C24H28N6O2. The zero-order valence-corrected chi connectivity index (χ0v) is 18.5. The Labute approximate surface area is 187 Å². The Morgan fingerprint density at radius 3 is 2.78 bits per heavy atom. The van der Waals surface area contributed by atoms with E-state index in [9.17, 15) is 9.59 Å². The van der Waals surface area contributed by atoms with Crippen molar-refractivity contribution in [1.29, 1.82) is 0 Å². The van der Waals surface area contributed by atoms with Gasteiger partial charge in [-0.15, -0.1) is 0 Å². The van der Waals surface area contributed by atoms with Gasteiger partial charge in [-0.2, -0.15) is 5.10 Å². The number of carbonyl (C=O) groups is 2. The average Bonchev–Trinajstić information content (AvgIpc) is 3.55. The van der Waals surface area contributed by atoms with E-state index in [4.69, 9.17) is 4.98 Å². The van der Waals surface area contributed by atoms with Crippen LogP contribution < -0.4 is 15.8 Å². The van der Waals surface area contributed by atoms with Crippen LogP contribution in [0.4, 0.5) is 5.69 Å². The molecule has 0 spiro atoms. The van der Waals surface area contributed by atoms with Crippen molar-refractivity contribution in [3.63, 3.8) is 0 Å². The second-order valence-electron chi connectivity index (χ2n) is 8.95. The molecule has 3 aromatic rings. The number of rotatable bonds is 5. The highest BCUT2D eigenvalue weighted by Gasteiger charge is 2.28. The minimum absolute atomic E-state index is 0.137. The number of hydrogen-bond donors (Lipinski definition) is 2. The number of fused-ring (bicyclic) bond motifs is 2. The summed E-state index contributed by atoms with van der Waals surface area (Å²) in [5.41, 5.74) is 9.66. The van der Waals surface area contributed by atoms with E-state index in [0.717, 1.165) is 43.6 Å². The molecule has 1 aromatic carbocycles. The standard InChI is InChI=1S/C24H28N6O2/c1-15(2)30-23-19(13-25-30)18(12-20(26-23)16-9-10-16)24(32)28-27-22(31)14-29-11-5-7-17-6-3-4-8-21(17)29/h3-4,6,8,12-13,15-16H,5,7,9-11,14H2,1-2H3,(H,27,31)(H,28,32). The number of amides is 2. The van der Waals surface area contributed by atoms with Crippen molar-refractivity contribution in [1.82, 2.24) is 25.6 Å².